The number of carboxylic acids is 2. The van der Waals surface area contributed by atoms with Gasteiger partial charge in [0.1, 0.15) is 46.2 Å². The number of pyridine rings is 7. The van der Waals surface area contributed by atoms with Crippen LogP contribution >= 0.6 is 47.0 Å². The van der Waals surface area contributed by atoms with E-state index < -0.39 is 11.9 Å². The van der Waals surface area contributed by atoms with Crippen molar-refractivity contribution in [1.29, 1.82) is 0 Å². The number of aromatic nitrogens is 7. The average Bonchev–Trinajstić information content (AvgIpc) is 0.784. The number of rotatable bonds is 13. The van der Waals surface area contributed by atoms with Gasteiger partial charge >= 0.3 is 11.9 Å². The fourth-order valence-electron chi connectivity index (χ4n) is 14.3. The van der Waals surface area contributed by atoms with E-state index in [1.54, 1.807) is 119 Å². The number of hydrogen-bond donors (Lipinski definition) is 8. The Morgan fingerprint density at radius 3 is 0.681 bits per heavy atom. The Hall–Kier alpha value is -11.5. The summed E-state index contributed by atoms with van der Waals surface area (Å²) in [5, 5.41) is 68.0. The molecule has 6 atom stereocenters. The van der Waals surface area contributed by atoms with Crippen LogP contribution in [0.15, 0.2) is 422 Å². The van der Waals surface area contributed by atoms with Crippen LogP contribution in [0.3, 0.4) is 0 Å². The normalized spacial score (nSPS) is 12.6. The second-order valence-electron chi connectivity index (χ2n) is 31.2. The van der Waals surface area contributed by atoms with E-state index >= 15 is 0 Å². The molecule has 0 saturated carbocycles. The Labute approximate surface area is 925 Å². The van der Waals surface area contributed by atoms with Crippen LogP contribution in [0.25, 0.3) is 0 Å². The van der Waals surface area contributed by atoms with Crippen molar-refractivity contribution in [3.8, 4) is 11.5 Å². The van der Waals surface area contributed by atoms with E-state index in [0.717, 1.165) is 97.5 Å². The summed E-state index contributed by atoms with van der Waals surface area (Å²) in [4.78, 5) is 70.4. The molecule has 7 aromatic heterocycles. The van der Waals surface area contributed by atoms with E-state index in [1.165, 1.54) is 63.7 Å². The summed E-state index contributed by atoms with van der Waals surface area (Å²) in [6.07, 6.45) is 11.1. The van der Waals surface area contributed by atoms with Crippen LogP contribution in [-0.2, 0) is 102 Å². The Morgan fingerprint density at radius 1 is 0.257 bits per heavy atom. The molecule has 6 unspecified atom stereocenters. The monoisotopic (exact) mass is 2890 g/mol. The third-order valence-corrected chi connectivity index (χ3v) is 24.4. The standard InChI is InChI=1S/C17H11N2O.4C17H11N2S.2C6H5NO2.3C5H12O2.3Ir.2Pt/c5*1-3-9-15-13(7-1)19(17-11-5-6-12-18-17)14-8-2-4-10-16(14)20-15;2*8-6(9)5-3-1-2-4-7-5;3*1-4(6)3-5(2)7;;;;;/h5*1-7,9-12H;2*1-4H,(H,8,9);3*4-7H,3H2,1-2H3;;;;;/q5*-1;;;;;;;;;;. The van der Waals surface area contributed by atoms with Crippen molar-refractivity contribution < 1.29 is 158 Å². The van der Waals surface area contributed by atoms with Gasteiger partial charge < -0.3 is 70.1 Å². The molecule has 32 heteroatoms. The minimum atomic E-state index is -0.990. The van der Waals surface area contributed by atoms with E-state index in [1.807, 2.05) is 207 Å². The first-order valence-corrected chi connectivity index (χ1v) is 47.7. The molecular weight excluding hydrogens is 2780 g/mol. The smallest absolute Gasteiger partial charge is 0.354 e. The number of para-hydroxylation sites is 11. The molecule has 144 heavy (non-hydrogen) atoms. The molecule has 0 bridgehead atoms. The molecule has 10 aromatic carbocycles. The maximum absolute atomic E-state index is 10.1. The van der Waals surface area contributed by atoms with Crippen molar-refractivity contribution in [3.05, 3.63) is 425 Å². The van der Waals surface area contributed by atoms with Gasteiger partial charge in [0.15, 0.2) is 0 Å². The van der Waals surface area contributed by atoms with Crippen LogP contribution in [0.1, 0.15) is 81.8 Å². The molecule has 751 valence electrons. The molecule has 22 rings (SSSR count). The SMILES string of the molecule is CC(O)CC(C)O.CC(O)CC(C)O.CC(O)CC(C)O.O=C(O)c1ccccn1.O=C(O)c1ccccn1.[Ir].[Ir].[Ir].[Pt].[Pt].[c-]1cccc2c1N(c1ccccn1)c1ccccc1O2.[c-]1cccc2c1N(c1ccccn1)c1ccccc1S2.[c-]1cccc2c1N(c1ccccn1)c1ccccc1S2.[c-]1cccc2c1N(c1ccccn1)c1ccccc1S2.[c-]1cccc2c1N(c1ccccn1)c1ccccc1S2. The summed E-state index contributed by atoms with van der Waals surface area (Å²) in [7, 11) is 0. The van der Waals surface area contributed by atoms with Crippen LogP contribution in [-0.4, -0.2) is 124 Å². The maximum atomic E-state index is 10.1. The van der Waals surface area contributed by atoms with Crippen molar-refractivity contribution in [2.75, 3.05) is 24.5 Å². The van der Waals surface area contributed by atoms with Crippen LogP contribution in [0.2, 0.25) is 0 Å². The van der Waals surface area contributed by atoms with E-state index in [-0.39, 0.29) is 150 Å². The first-order chi connectivity index (χ1) is 67.7. The summed E-state index contributed by atoms with van der Waals surface area (Å²) in [6.45, 7) is 9.96. The number of aliphatic hydroxyl groups is 6. The van der Waals surface area contributed by atoms with E-state index in [2.05, 4.69) is 211 Å². The Morgan fingerprint density at radius 2 is 0.458 bits per heavy atom. The van der Waals surface area contributed by atoms with Gasteiger partial charge in [0, 0.05) is 171 Å². The number of carbonyl (C=O) groups is 2. The van der Waals surface area contributed by atoms with Gasteiger partial charge in [-0.1, -0.05) is 145 Å². The molecule has 0 aliphatic carbocycles. The molecule has 12 heterocycles. The minimum absolute atomic E-state index is 0. The van der Waals surface area contributed by atoms with Gasteiger partial charge in [-0.05, 0) is 212 Å². The summed E-state index contributed by atoms with van der Waals surface area (Å²) in [5.74, 6) is 4.17. The largest absolute Gasteiger partial charge is 0.513 e. The molecule has 8 N–H and O–H groups in total. The van der Waals surface area contributed by atoms with Crippen molar-refractivity contribution in [3.63, 3.8) is 0 Å². The van der Waals surface area contributed by atoms with Gasteiger partial charge in [-0.2, -0.15) is 162 Å². The van der Waals surface area contributed by atoms with Crippen LogP contribution in [0.5, 0.6) is 11.5 Å². The fraction of sp³-hybridized carbons (Fsp3) is 0.134. The zero-order chi connectivity index (χ0) is 97.8. The predicted octanol–water partition coefficient (Wildman–Crippen LogP) is 25.7. The molecule has 17 aromatic rings. The predicted molar refractivity (Wildman–Crippen MR) is 552 cm³/mol. The van der Waals surface area contributed by atoms with E-state index in [0.29, 0.717) is 19.3 Å². The number of ether oxygens (including phenoxy) is 1. The topological polar surface area (TPSA) is 312 Å². The summed E-state index contributed by atoms with van der Waals surface area (Å²) in [5.41, 5.74) is 10.9. The summed E-state index contributed by atoms with van der Waals surface area (Å²) in [6, 6.07) is 128. The number of anilines is 15. The Bertz CT molecular complexity index is 5650. The van der Waals surface area contributed by atoms with Crippen molar-refractivity contribution in [1.82, 2.24) is 34.9 Å². The first-order valence-electron chi connectivity index (χ1n) is 44.5. The zero-order valence-electron chi connectivity index (χ0n) is 78.4. The summed E-state index contributed by atoms with van der Waals surface area (Å²) >= 11 is 7.12. The van der Waals surface area contributed by atoms with E-state index in [4.69, 9.17) is 45.6 Å². The quantitative estimate of drug-likeness (QED) is 0.0497. The molecule has 0 amide bonds. The van der Waals surface area contributed by atoms with Crippen molar-refractivity contribution in [2.45, 2.75) is 137 Å². The number of carboxylic acid groups (broad SMARTS) is 2. The average molecular weight is 2890 g/mol. The third kappa shape index (κ3) is 33.8. The zero-order valence-corrected chi connectivity index (χ0v) is 93.4. The molecule has 0 spiro atoms. The number of nitrogens with zero attached hydrogens (tertiary/aromatic N) is 12. The third-order valence-electron chi connectivity index (χ3n) is 19.9. The first kappa shape index (κ1) is 118. The van der Waals surface area contributed by atoms with Gasteiger partial charge in [-0.25, -0.2) is 44.5 Å². The second-order valence-corrected chi connectivity index (χ2v) is 35.6. The van der Waals surface area contributed by atoms with E-state index in [9.17, 15) is 9.59 Å². The number of aliphatic hydroxyl groups excluding tert-OH is 6. The van der Waals surface area contributed by atoms with Gasteiger partial charge in [-0.15, -0.1) is 6.07 Å². The number of aromatic carboxylic acids is 2. The van der Waals surface area contributed by atoms with Crippen molar-refractivity contribution >= 4 is 145 Å². The molecule has 0 fully saturated rings. The summed E-state index contributed by atoms with van der Waals surface area (Å²) < 4.78 is 5.93. The van der Waals surface area contributed by atoms with Gasteiger partial charge in [0.25, 0.3) is 0 Å². The Balaban J connectivity index is 0.000000200. The molecule has 5 aliphatic heterocycles. The molecule has 5 aliphatic rings. The molecular formula is C112H101Ir3N12O11Pt2S4-5. The fourth-order valence-corrected chi connectivity index (χ4v) is 18.4. The van der Waals surface area contributed by atoms with Gasteiger partial charge in [0.2, 0.25) is 0 Å². The van der Waals surface area contributed by atoms with Gasteiger partial charge in [-0.3, -0.25) is 0 Å². The minimum Gasteiger partial charge on any atom is -0.513 e. The van der Waals surface area contributed by atoms with Crippen LogP contribution in [0.4, 0.5) is 86.0 Å². The number of hydrogen-bond acceptors (Lipinski definition) is 25. The maximum Gasteiger partial charge on any atom is 0.354 e. The molecule has 23 nitrogen and oxygen atoms in total. The van der Waals surface area contributed by atoms with Crippen molar-refractivity contribution in [2.24, 2.45) is 0 Å². The number of fused-ring (bicyclic) bond motifs is 10. The second kappa shape index (κ2) is 61.0. The van der Waals surface area contributed by atoms with Gasteiger partial charge in [0.05, 0.1) is 65.1 Å². The van der Waals surface area contributed by atoms with Crippen LogP contribution in [0, 0.1) is 30.3 Å². The molecule has 3 radical (unpaired) electrons. The molecule has 0 saturated heterocycles. The number of benzene rings is 10. The Kier molecular flexibility index (Phi) is 49.9. The van der Waals surface area contributed by atoms with Crippen LogP contribution < -0.4 is 29.2 Å².